The first-order valence-electron chi connectivity index (χ1n) is 4.61. The highest BCUT2D eigenvalue weighted by Crippen LogP contribution is 2.36. The first kappa shape index (κ1) is 13.8. The highest BCUT2D eigenvalue weighted by atomic mass is 35.5. The van der Waals surface area contributed by atoms with Gasteiger partial charge >= 0.3 is 5.97 Å². The van der Waals surface area contributed by atoms with Gasteiger partial charge in [0.05, 0.1) is 14.2 Å². The summed E-state index contributed by atoms with van der Waals surface area (Å²) in [6.45, 7) is 0. The van der Waals surface area contributed by atoms with E-state index in [4.69, 9.17) is 27.9 Å². The molecule has 0 aliphatic carbocycles. The van der Waals surface area contributed by atoms with E-state index in [9.17, 15) is 9.59 Å². The molecule has 1 rings (SSSR count). The molecule has 0 saturated carbocycles. The number of methoxy groups -OCH3 is 2. The molecule has 0 aromatic heterocycles. The molecule has 92 valence electrons. The number of Topliss-reactive ketones (excluding diaryl/α,β-unsaturated/α-hetero) is 1. The van der Waals surface area contributed by atoms with Crippen LogP contribution >= 0.6 is 23.2 Å². The Morgan fingerprint density at radius 3 is 2.47 bits per heavy atom. The number of ether oxygens (including phenoxy) is 2. The average Bonchev–Trinajstić information content (AvgIpc) is 2.35. The Morgan fingerprint density at radius 1 is 1.29 bits per heavy atom. The van der Waals surface area contributed by atoms with Gasteiger partial charge < -0.3 is 9.47 Å². The fourth-order valence-electron chi connectivity index (χ4n) is 1.28. The normalized spacial score (nSPS) is 11.8. The number of esters is 1. The van der Waals surface area contributed by atoms with Crippen molar-refractivity contribution in [1.29, 1.82) is 0 Å². The predicted octanol–water partition coefficient (Wildman–Crippen LogP) is 2.37. The highest BCUT2D eigenvalue weighted by molar-refractivity contribution is 6.48. The second kappa shape index (κ2) is 5.89. The van der Waals surface area contributed by atoms with Crippen LogP contribution in [0.4, 0.5) is 0 Å². The molecule has 0 fully saturated rings. The maximum atomic E-state index is 11.6. The molecule has 0 aliphatic heterocycles. The predicted molar refractivity (Wildman–Crippen MR) is 63.6 cm³/mol. The van der Waals surface area contributed by atoms with Crippen molar-refractivity contribution in [2.45, 2.75) is 5.38 Å². The maximum Gasteiger partial charge on any atom is 0.376 e. The van der Waals surface area contributed by atoms with E-state index >= 15 is 0 Å². The minimum Gasteiger partial charge on any atom is -0.496 e. The van der Waals surface area contributed by atoms with Crippen molar-refractivity contribution in [3.8, 4) is 5.75 Å². The summed E-state index contributed by atoms with van der Waals surface area (Å²) in [7, 11) is 2.52. The molecule has 0 N–H and O–H groups in total. The Hall–Kier alpha value is -1.26. The van der Waals surface area contributed by atoms with Gasteiger partial charge in [0.15, 0.2) is 0 Å². The Bertz CT molecular complexity index is 445. The van der Waals surface area contributed by atoms with E-state index in [1.165, 1.54) is 7.11 Å². The van der Waals surface area contributed by atoms with Gasteiger partial charge in [0.1, 0.15) is 11.1 Å². The fraction of sp³-hybridized carbons (Fsp3) is 0.273. The van der Waals surface area contributed by atoms with Crippen LogP contribution in [0.2, 0.25) is 5.02 Å². The number of benzene rings is 1. The van der Waals surface area contributed by atoms with Gasteiger partial charge in [-0.15, -0.1) is 11.6 Å². The van der Waals surface area contributed by atoms with Crippen molar-refractivity contribution >= 4 is 35.0 Å². The maximum absolute atomic E-state index is 11.6. The first-order valence-corrected chi connectivity index (χ1v) is 5.43. The molecule has 0 saturated heterocycles. The lowest BCUT2D eigenvalue weighted by Gasteiger charge is -2.13. The van der Waals surface area contributed by atoms with Crippen LogP contribution in [0.1, 0.15) is 10.9 Å². The third kappa shape index (κ3) is 2.90. The van der Waals surface area contributed by atoms with Gasteiger partial charge in [-0.25, -0.2) is 4.79 Å². The molecule has 0 aliphatic rings. The second-order valence-electron chi connectivity index (χ2n) is 3.07. The molecular weight excluding hydrogens is 267 g/mol. The number of hydrogen-bond acceptors (Lipinski definition) is 4. The van der Waals surface area contributed by atoms with Gasteiger partial charge in [-0.1, -0.05) is 17.7 Å². The van der Waals surface area contributed by atoms with Crippen LogP contribution in [0.25, 0.3) is 0 Å². The zero-order valence-electron chi connectivity index (χ0n) is 9.20. The SMILES string of the molecule is COC(=O)C(=O)C(Cl)c1c(Cl)cccc1OC. The first-order chi connectivity index (χ1) is 8.02. The van der Waals surface area contributed by atoms with Gasteiger partial charge in [0.2, 0.25) is 0 Å². The molecule has 1 aromatic rings. The summed E-state index contributed by atoms with van der Waals surface area (Å²) in [5, 5.41) is -0.979. The van der Waals surface area contributed by atoms with Crippen LogP contribution < -0.4 is 4.74 Å². The Morgan fingerprint density at radius 2 is 1.94 bits per heavy atom. The largest absolute Gasteiger partial charge is 0.496 e. The van der Waals surface area contributed by atoms with Crippen LogP contribution in [0, 0.1) is 0 Å². The number of ketones is 1. The number of rotatable bonds is 4. The molecule has 0 radical (unpaired) electrons. The lowest BCUT2D eigenvalue weighted by Crippen LogP contribution is -2.20. The van der Waals surface area contributed by atoms with E-state index in [-0.39, 0.29) is 10.6 Å². The van der Waals surface area contributed by atoms with E-state index in [2.05, 4.69) is 4.74 Å². The van der Waals surface area contributed by atoms with Crippen molar-refractivity contribution in [2.75, 3.05) is 14.2 Å². The Balaban J connectivity index is 3.15. The van der Waals surface area contributed by atoms with Gasteiger partial charge in [-0.05, 0) is 12.1 Å². The summed E-state index contributed by atoms with van der Waals surface area (Å²) < 4.78 is 9.35. The second-order valence-corrected chi connectivity index (χ2v) is 3.92. The van der Waals surface area contributed by atoms with Crippen molar-refractivity contribution < 1.29 is 19.1 Å². The summed E-state index contributed by atoms with van der Waals surface area (Å²) in [4.78, 5) is 22.7. The molecule has 4 nitrogen and oxygen atoms in total. The summed E-state index contributed by atoms with van der Waals surface area (Å²) in [6, 6.07) is 4.80. The van der Waals surface area contributed by atoms with Gasteiger partial charge in [0, 0.05) is 10.6 Å². The van der Waals surface area contributed by atoms with Crippen LogP contribution in [0.15, 0.2) is 18.2 Å². The van der Waals surface area contributed by atoms with E-state index in [0.29, 0.717) is 5.75 Å². The lowest BCUT2D eigenvalue weighted by molar-refractivity contribution is -0.151. The van der Waals surface area contributed by atoms with Crippen LogP contribution in [-0.2, 0) is 14.3 Å². The summed E-state index contributed by atoms with van der Waals surface area (Å²) in [5.74, 6) is -1.57. The summed E-state index contributed by atoms with van der Waals surface area (Å²) in [5.41, 5.74) is 0.258. The average molecular weight is 277 g/mol. The van der Waals surface area contributed by atoms with Crippen molar-refractivity contribution in [3.05, 3.63) is 28.8 Å². The lowest BCUT2D eigenvalue weighted by atomic mass is 10.1. The molecule has 17 heavy (non-hydrogen) atoms. The number of carbonyl (C=O) groups is 2. The molecule has 6 heteroatoms. The minimum atomic E-state index is -1.23. The zero-order valence-corrected chi connectivity index (χ0v) is 10.7. The number of carbonyl (C=O) groups excluding carboxylic acids is 2. The van der Waals surface area contributed by atoms with Crippen LogP contribution in [0.3, 0.4) is 0 Å². The van der Waals surface area contributed by atoms with Crippen molar-refractivity contribution in [3.63, 3.8) is 0 Å². The quantitative estimate of drug-likeness (QED) is 0.481. The summed E-state index contributed by atoms with van der Waals surface area (Å²) in [6.07, 6.45) is 0. The van der Waals surface area contributed by atoms with Gasteiger partial charge in [-0.3, -0.25) is 4.79 Å². The molecular formula is C11H10Cl2O4. The monoisotopic (exact) mass is 276 g/mol. The molecule has 0 heterocycles. The van der Waals surface area contributed by atoms with Crippen LogP contribution in [-0.4, -0.2) is 26.0 Å². The molecule has 0 amide bonds. The Labute approximate surface area is 108 Å². The molecule has 1 atom stereocenters. The number of hydrogen-bond donors (Lipinski definition) is 0. The summed E-state index contributed by atoms with van der Waals surface area (Å²) >= 11 is 11.8. The van der Waals surface area contributed by atoms with Gasteiger partial charge in [-0.2, -0.15) is 0 Å². The van der Waals surface area contributed by atoms with E-state index < -0.39 is 17.1 Å². The molecule has 0 spiro atoms. The topological polar surface area (TPSA) is 52.6 Å². The third-order valence-electron chi connectivity index (χ3n) is 2.10. The van der Waals surface area contributed by atoms with E-state index in [0.717, 1.165) is 7.11 Å². The highest BCUT2D eigenvalue weighted by Gasteiger charge is 2.29. The number of alkyl halides is 1. The van der Waals surface area contributed by atoms with E-state index in [1.807, 2.05) is 0 Å². The van der Waals surface area contributed by atoms with Crippen molar-refractivity contribution in [1.82, 2.24) is 0 Å². The minimum absolute atomic E-state index is 0.251. The van der Waals surface area contributed by atoms with Crippen LogP contribution in [0.5, 0.6) is 5.75 Å². The van der Waals surface area contributed by atoms with Gasteiger partial charge in [0.25, 0.3) is 5.78 Å². The molecule has 1 unspecified atom stereocenters. The standard InChI is InChI=1S/C11H10Cl2O4/c1-16-7-5-3-4-6(12)8(7)9(13)10(14)11(15)17-2/h3-5,9H,1-2H3. The fourth-order valence-corrected chi connectivity index (χ4v) is 1.92. The number of halogens is 2. The molecule has 0 bridgehead atoms. The van der Waals surface area contributed by atoms with E-state index in [1.54, 1.807) is 18.2 Å². The third-order valence-corrected chi connectivity index (χ3v) is 2.85. The zero-order chi connectivity index (χ0) is 13.0. The molecule has 1 aromatic carbocycles. The van der Waals surface area contributed by atoms with Crippen molar-refractivity contribution in [2.24, 2.45) is 0 Å². The Kier molecular flexibility index (Phi) is 4.78. The smallest absolute Gasteiger partial charge is 0.376 e.